The fraction of sp³-hybridized carbons (Fsp3) is 0.333. The molecule has 0 spiro atoms. The Bertz CT molecular complexity index is 890. The molecule has 0 saturated carbocycles. The van der Waals surface area contributed by atoms with Crippen LogP contribution in [0.1, 0.15) is 13.3 Å². The summed E-state index contributed by atoms with van der Waals surface area (Å²) in [6.07, 6.45) is 0.227. The molecule has 1 unspecified atom stereocenters. The van der Waals surface area contributed by atoms with Gasteiger partial charge >= 0.3 is 0 Å². The van der Waals surface area contributed by atoms with Gasteiger partial charge in [0.05, 0.1) is 39.2 Å². The minimum Gasteiger partial charge on any atom is -0.493 e. The first-order chi connectivity index (χ1) is 14.0. The fourth-order valence-corrected chi connectivity index (χ4v) is 3.41. The predicted molar refractivity (Wildman–Crippen MR) is 111 cm³/mol. The zero-order chi connectivity index (χ0) is 21.0. The number of benzene rings is 2. The van der Waals surface area contributed by atoms with E-state index >= 15 is 0 Å². The molecule has 3 rings (SSSR count). The van der Waals surface area contributed by atoms with Crippen molar-refractivity contribution in [1.82, 2.24) is 0 Å². The van der Waals surface area contributed by atoms with Crippen molar-refractivity contribution in [3.05, 3.63) is 36.4 Å². The lowest BCUT2D eigenvalue weighted by Crippen LogP contribution is -2.42. The molecule has 0 radical (unpaired) electrons. The van der Waals surface area contributed by atoms with Gasteiger partial charge in [-0.1, -0.05) is 12.1 Å². The molecule has 0 aliphatic carbocycles. The Morgan fingerprint density at radius 1 is 1.14 bits per heavy atom. The van der Waals surface area contributed by atoms with Gasteiger partial charge in [0.2, 0.25) is 17.6 Å². The van der Waals surface area contributed by atoms with E-state index < -0.39 is 0 Å². The zero-order valence-electron chi connectivity index (χ0n) is 16.9. The molecular weight excluding hydrogens is 374 g/mol. The van der Waals surface area contributed by atoms with E-state index in [0.29, 0.717) is 34.3 Å². The first-order valence-electron chi connectivity index (χ1n) is 9.23. The largest absolute Gasteiger partial charge is 0.493 e. The van der Waals surface area contributed by atoms with Gasteiger partial charge in [-0.3, -0.25) is 9.59 Å². The van der Waals surface area contributed by atoms with E-state index in [0.717, 1.165) is 0 Å². The van der Waals surface area contributed by atoms with Crippen LogP contribution in [0.2, 0.25) is 0 Å². The topological polar surface area (TPSA) is 89.1 Å². The number of hydrogen-bond acceptors (Lipinski definition) is 6. The average Bonchev–Trinajstić information content (AvgIpc) is 2.85. The van der Waals surface area contributed by atoms with Gasteiger partial charge in [-0.25, -0.2) is 0 Å². The lowest BCUT2D eigenvalue weighted by Gasteiger charge is -2.28. The van der Waals surface area contributed by atoms with Crippen molar-refractivity contribution in [2.24, 2.45) is 0 Å². The first-order valence-corrected chi connectivity index (χ1v) is 9.23. The molecule has 8 heteroatoms. The minimum absolute atomic E-state index is 0.0332. The summed E-state index contributed by atoms with van der Waals surface area (Å²) < 4.78 is 16.0. The predicted octanol–water partition coefficient (Wildman–Crippen LogP) is 2.89. The van der Waals surface area contributed by atoms with Gasteiger partial charge in [0, 0.05) is 30.3 Å². The number of nitrogens with zero attached hydrogens (tertiary/aromatic N) is 1. The van der Waals surface area contributed by atoms with Crippen LogP contribution in [0.5, 0.6) is 17.2 Å². The summed E-state index contributed by atoms with van der Waals surface area (Å²) >= 11 is 0. The maximum absolute atomic E-state index is 13.1. The fourth-order valence-electron chi connectivity index (χ4n) is 3.41. The van der Waals surface area contributed by atoms with E-state index in [4.69, 9.17) is 14.2 Å². The number of hydrogen-bond donors (Lipinski definition) is 2. The van der Waals surface area contributed by atoms with Crippen molar-refractivity contribution in [3.8, 4) is 17.2 Å². The number of rotatable bonds is 6. The average molecular weight is 399 g/mol. The van der Waals surface area contributed by atoms with Crippen LogP contribution in [0, 0.1) is 0 Å². The Balaban J connectivity index is 1.83. The summed E-state index contributed by atoms with van der Waals surface area (Å²) in [4.78, 5) is 26.8. The smallest absolute Gasteiger partial charge is 0.246 e. The number of amides is 2. The summed E-state index contributed by atoms with van der Waals surface area (Å²) in [5, 5.41) is 5.97. The van der Waals surface area contributed by atoms with Gasteiger partial charge in [0.15, 0.2) is 11.5 Å². The molecule has 2 aromatic rings. The Kier molecular flexibility index (Phi) is 6.11. The molecule has 0 bridgehead atoms. The second kappa shape index (κ2) is 8.72. The van der Waals surface area contributed by atoms with Crippen molar-refractivity contribution in [2.75, 3.05) is 43.4 Å². The van der Waals surface area contributed by atoms with Crippen LogP contribution < -0.4 is 29.7 Å². The number of methoxy groups -OCH3 is 3. The third-order valence-corrected chi connectivity index (χ3v) is 4.74. The van der Waals surface area contributed by atoms with Gasteiger partial charge in [0.25, 0.3) is 0 Å². The van der Waals surface area contributed by atoms with Crippen LogP contribution in [0.15, 0.2) is 36.4 Å². The molecule has 1 aliphatic rings. The van der Waals surface area contributed by atoms with Crippen LogP contribution in [-0.4, -0.2) is 45.7 Å². The normalized spacial score (nSPS) is 15.7. The zero-order valence-corrected chi connectivity index (χ0v) is 16.9. The molecule has 0 saturated heterocycles. The van der Waals surface area contributed by atoms with Gasteiger partial charge in [0.1, 0.15) is 0 Å². The summed E-state index contributed by atoms with van der Waals surface area (Å²) in [5.74, 6) is 1.19. The SMILES string of the molecule is COc1cc(NCC(=O)N2c3ccccc3NC(=O)CC2C)cc(OC)c1OC. The Morgan fingerprint density at radius 2 is 1.79 bits per heavy atom. The third-order valence-electron chi connectivity index (χ3n) is 4.74. The number of ether oxygens (including phenoxy) is 3. The van der Waals surface area contributed by atoms with Crippen molar-refractivity contribution < 1.29 is 23.8 Å². The van der Waals surface area contributed by atoms with Gasteiger partial charge < -0.3 is 29.7 Å². The summed E-state index contributed by atoms with van der Waals surface area (Å²) in [5.41, 5.74) is 1.96. The maximum Gasteiger partial charge on any atom is 0.246 e. The summed E-state index contributed by atoms with van der Waals surface area (Å²) in [6.45, 7) is 1.89. The number of anilines is 3. The lowest BCUT2D eigenvalue weighted by molar-refractivity contribution is -0.118. The van der Waals surface area contributed by atoms with Gasteiger partial charge in [-0.2, -0.15) is 0 Å². The second-order valence-corrected chi connectivity index (χ2v) is 6.65. The van der Waals surface area contributed by atoms with E-state index in [1.54, 1.807) is 23.1 Å². The molecule has 2 N–H and O–H groups in total. The van der Waals surface area contributed by atoms with Crippen molar-refractivity contribution >= 4 is 28.9 Å². The highest BCUT2D eigenvalue weighted by molar-refractivity contribution is 6.05. The Labute approximate surface area is 169 Å². The van der Waals surface area contributed by atoms with Crippen molar-refractivity contribution in [3.63, 3.8) is 0 Å². The van der Waals surface area contributed by atoms with Crippen LogP contribution >= 0.6 is 0 Å². The van der Waals surface area contributed by atoms with E-state index in [2.05, 4.69) is 10.6 Å². The monoisotopic (exact) mass is 399 g/mol. The lowest BCUT2D eigenvalue weighted by atomic mass is 10.1. The summed E-state index contributed by atoms with van der Waals surface area (Å²) in [7, 11) is 4.60. The molecule has 1 aliphatic heterocycles. The van der Waals surface area contributed by atoms with E-state index in [-0.39, 0.29) is 30.8 Å². The highest BCUT2D eigenvalue weighted by atomic mass is 16.5. The molecule has 154 valence electrons. The minimum atomic E-state index is -0.270. The molecule has 1 heterocycles. The van der Waals surface area contributed by atoms with E-state index in [1.807, 2.05) is 25.1 Å². The maximum atomic E-state index is 13.1. The standard InChI is InChI=1S/C21H25N3O5/c1-13-9-19(25)23-15-7-5-6-8-16(15)24(13)20(26)12-22-14-10-17(27-2)21(29-4)18(11-14)28-3/h5-8,10-11,13,22H,9,12H2,1-4H3,(H,23,25). The number of carbonyl (C=O) groups is 2. The Hall–Kier alpha value is -3.42. The first kappa shape index (κ1) is 20.3. The molecule has 0 fully saturated rings. The van der Waals surface area contributed by atoms with Crippen LogP contribution in [0.3, 0.4) is 0 Å². The third kappa shape index (κ3) is 4.21. The second-order valence-electron chi connectivity index (χ2n) is 6.65. The van der Waals surface area contributed by atoms with Crippen molar-refractivity contribution in [1.29, 1.82) is 0 Å². The number of para-hydroxylation sites is 2. The van der Waals surface area contributed by atoms with Crippen LogP contribution in [0.4, 0.5) is 17.1 Å². The van der Waals surface area contributed by atoms with Gasteiger partial charge in [-0.05, 0) is 19.1 Å². The highest BCUT2D eigenvalue weighted by Crippen LogP contribution is 2.40. The van der Waals surface area contributed by atoms with Crippen LogP contribution in [0.25, 0.3) is 0 Å². The van der Waals surface area contributed by atoms with E-state index in [9.17, 15) is 9.59 Å². The van der Waals surface area contributed by atoms with Crippen molar-refractivity contribution in [2.45, 2.75) is 19.4 Å². The summed E-state index contributed by atoms with van der Waals surface area (Å²) in [6, 6.07) is 10.5. The quantitative estimate of drug-likeness (QED) is 0.777. The molecule has 29 heavy (non-hydrogen) atoms. The van der Waals surface area contributed by atoms with E-state index in [1.165, 1.54) is 21.3 Å². The highest BCUT2D eigenvalue weighted by Gasteiger charge is 2.29. The molecule has 2 aromatic carbocycles. The number of carbonyl (C=O) groups excluding carboxylic acids is 2. The Morgan fingerprint density at radius 3 is 2.41 bits per heavy atom. The molecule has 0 aromatic heterocycles. The molecular formula is C21H25N3O5. The number of nitrogens with one attached hydrogen (secondary N) is 2. The molecule has 8 nitrogen and oxygen atoms in total. The molecule has 1 atom stereocenters. The van der Waals surface area contributed by atoms with Gasteiger partial charge in [-0.15, -0.1) is 0 Å². The van der Waals surface area contributed by atoms with Crippen LogP contribution in [-0.2, 0) is 9.59 Å². The molecule has 2 amide bonds. The number of fused-ring (bicyclic) bond motifs is 1.